The van der Waals surface area contributed by atoms with Crippen molar-refractivity contribution in [2.75, 3.05) is 5.32 Å². The number of carbonyl (C=O) groups excluding carboxylic acids is 1. The highest BCUT2D eigenvalue weighted by atomic mass is 35.5. The summed E-state index contributed by atoms with van der Waals surface area (Å²) in [4.78, 5) is 12.0. The highest BCUT2D eigenvalue weighted by Crippen LogP contribution is 2.24. The maximum atomic E-state index is 12.9. The van der Waals surface area contributed by atoms with Crippen molar-refractivity contribution in [3.05, 3.63) is 46.5 Å². The molecule has 0 saturated heterocycles. The molecule has 0 spiro atoms. The first-order valence-corrected chi connectivity index (χ1v) is 6.47. The summed E-state index contributed by atoms with van der Waals surface area (Å²) in [5.74, 6) is -0.854. The van der Waals surface area contributed by atoms with Gasteiger partial charge in [-0.15, -0.1) is 0 Å². The molecule has 0 aliphatic carbocycles. The van der Waals surface area contributed by atoms with Gasteiger partial charge in [-0.3, -0.25) is 9.89 Å². The molecule has 0 fully saturated rings. The molecule has 0 atom stereocenters. The van der Waals surface area contributed by atoms with Crippen LogP contribution in [0.25, 0.3) is 0 Å². The molecule has 4 nitrogen and oxygen atoms in total. The summed E-state index contributed by atoms with van der Waals surface area (Å²) in [5.41, 5.74) is 1.33. The number of benzene rings is 1. The number of anilines is 1. The monoisotopic (exact) mass is 295 g/mol. The molecule has 0 radical (unpaired) electrons. The van der Waals surface area contributed by atoms with E-state index in [1.165, 1.54) is 12.1 Å². The van der Waals surface area contributed by atoms with Gasteiger partial charge in [0.15, 0.2) is 5.69 Å². The maximum Gasteiger partial charge on any atom is 0.276 e. The summed E-state index contributed by atoms with van der Waals surface area (Å²) in [6, 6.07) is 5.47. The van der Waals surface area contributed by atoms with Gasteiger partial charge in [0.25, 0.3) is 5.91 Å². The van der Waals surface area contributed by atoms with Crippen LogP contribution in [0.4, 0.5) is 10.1 Å². The smallest absolute Gasteiger partial charge is 0.276 e. The van der Waals surface area contributed by atoms with E-state index in [0.29, 0.717) is 5.69 Å². The fraction of sp³-hybridized carbons (Fsp3) is 0.286. The lowest BCUT2D eigenvalue weighted by molar-refractivity contribution is 0.102. The fourth-order valence-corrected chi connectivity index (χ4v) is 1.81. The van der Waals surface area contributed by atoms with E-state index in [0.717, 1.165) is 11.8 Å². The van der Waals surface area contributed by atoms with Crippen LogP contribution in [0.5, 0.6) is 0 Å². The summed E-state index contributed by atoms with van der Waals surface area (Å²) in [5, 5.41) is 9.55. The number of hydrogen-bond acceptors (Lipinski definition) is 2. The van der Waals surface area contributed by atoms with E-state index in [2.05, 4.69) is 15.5 Å². The predicted molar refractivity (Wildman–Crippen MR) is 76.7 cm³/mol. The number of aromatic nitrogens is 2. The number of nitrogens with one attached hydrogen (secondary N) is 2. The molecule has 2 N–H and O–H groups in total. The molecule has 1 aromatic carbocycles. The van der Waals surface area contributed by atoms with Crippen LogP contribution < -0.4 is 5.32 Å². The first-order valence-electron chi connectivity index (χ1n) is 6.09. The lowest BCUT2D eigenvalue weighted by Crippen LogP contribution is -2.13. The van der Waals surface area contributed by atoms with E-state index in [1.54, 1.807) is 6.07 Å². The van der Waals surface area contributed by atoms with Crippen LogP contribution in [-0.4, -0.2) is 16.1 Å². The van der Waals surface area contributed by atoms with E-state index in [1.807, 2.05) is 20.8 Å². The molecular weight excluding hydrogens is 281 g/mol. The molecule has 106 valence electrons. The van der Waals surface area contributed by atoms with E-state index in [4.69, 9.17) is 11.6 Å². The van der Waals surface area contributed by atoms with E-state index < -0.39 is 11.7 Å². The second-order valence-corrected chi connectivity index (χ2v) is 5.90. The third-order valence-corrected chi connectivity index (χ3v) is 3.11. The Balaban J connectivity index is 2.18. The quantitative estimate of drug-likeness (QED) is 0.886. The van der Waals surface area contributed by atoms with Crippen molar-refractivity contribution in [2.24, 2.45) is 0 Å². The van der Waals surface area contributed by atoms with Crippen molar-refractivity contribution in [1.29, 1.82) is 0 Å². The van der Waals surface area contributed by atoms with Crippen molar-refractivity contribution < 1.29 is 9.18 Å². The zero-order valence-electron chi connectivity index (χ0n) is 11.4. The van der Waals surface area contributed by atoms with Gasteiger partial charge in [-0.2, -0.15) is 5.10 Å². The van der Waals surface area contributed by atoms with E-state index in [9.17, 15) is 9.18 Å². The number of hydrogen-bond donors (Lipinski definition) is 2. The summed E-state index contributed by atoms with van der Waals surface area (Å²) in [7, 11) is 0. The number of amides is 1. The SMILES string of the molecule is CC(C)(C)c1cc(C(=O)Nc2ccc(F)cc2Cl)n[nH]1. The van der Waals surface area contributed by atoms with Crippen molar-refractivity contribution in [3.63, 3.8) is 0 Å². The van der Waals surface area contributed by atoms with Gasteiger partial charge in [0, 0.05) is 11.1 Å². The Hall–Kier alpha value is -1.88. The molecule has 1 aromatic heterocycles. The van der Waals surface area contributed by atoms with Gasteiger partial charge in [0.1, 0.15) is 5.82 Å². The summed E-state index contributed by atoms with van der Waals surface area (Å²) >= 11 is 5.86. The Labute approximate surface area is 121 Å². The number of rotatable bonds is 2. The lowest BCUT2D eigenvalue weighted by Gasteiger charge is -2.14. The first kappa shape index (κ1) is 14.5. The third kappa shape index (κ3) is 3.17. The molecular formula is C14H15ClFN3O. The van der Waals surface area contributed by atoms with Gasteiger partial charge in [-0.1, -0.05) is 32.4 Å². The molecule has 0 aliphatic heterocycles. The Bertz CT molecular complexity index is 646. The van der Waals surface area contributed by atoms with Crippen LogP contribution in [0.1, 0.15) is 37.0 Å². The van der Waals surface area contributed by atoms with Crippen LogP contribution in [0.2, 0.25) is 5.02 Å². The molecule has 0 saturated carbocycles. The van der Waals surface area contributed by atoms with Crippen LogP contribution in [0.3, 0.4) is 0 Å². The largest absolute Gasteiger partial charge is 0.319 e. The van der Waals surface area contributed by atoms with E-state index >= 15 is 0 Å². The Morgan fingerprint density at radius 2 is 2.05 bits per heavy atom. The van der Waals surface area contributed by atoms with Crippen LogP contribution in [-0.2, 0) is 5.41 Å². The topological polar surface area (TPSA) is 57.8 Å². The zero-order valence-corrected chi connectivity index (χ0v) is 12.2. The minimum Gasteiger partial charge on any atom is -0.319 e. The predicted octanol–water partition coefficient (Wildman–Crippen LogP) is 3.75. The summed E-state index contributed by atoms with van der Waals surface area (Å²) in [6.07, 6.45) is 0. The van der Waals surface area contributed by atoms with Crippen molar-refractivity contribution >= 4 is 23.2 Å². The Kier molecular flexibility index (Phi) is 3.81. The van der Waals surface area contributed by atoms with Gasteiger partial charge < -0.3 is 5.32 Å². The maximum absolute atomic E-state index is 12.9. The van der Waals surface area contributed by atoms with Crippen molar-refractivity contribution in [3.8, 4) is 0 Å². The fourth-order valence-electron chi connectivity index (χ4n) is 1.60. The average molecular weight is 296 g/mol. The standard InChI is InChI=1S/C14H15ClFN3O/c1-14(2,3)12-7-11(18-19-12)13(20)17-10-5-4-8(16)6-9(10)15/h4-7H,1-3H3,(H,17,20)(H,18,19). The summed E-state index contributed by atoms with van der Waals surface area (Å²) in [6.45, 7) is 6.04. The number of H-pyrrole nitrogens is 1. The summed E-state index contributed by atoms with van der Waals surface area (Å²) < 4.78 is 12.9. The number of carbonyl (C=O) groups is 1. The number of halogens is 2. The normalized spacial score (nSPS) is 11.4. The highest BCUT2D eigenvalue weighted by molar-refractivity contribution is 6.33. The molecule has 1 amide bonds. The van der Waals surface area contributed by atoms with Gasteiger partial charge in [-0.05, 0) is 24.3 Å². The molecule has 0 aliphatic rings. The minimum absolute atomic E-state index is 0.126. The second-order valence-electron chi connectivity index (χ2n) is 5.50. The zero-order chi connectivity index (χ0) is 14.9. The molecule has 0 unspecified atom stereocenters. The average Bonchev–Trinajstić information content (AvgIpc) is 2.82. The number of nitrogens with zero attached hydrogens (tertiary/aromatic N) is 1. The Morgan fingerprint density at radius 3 is 2.60 bits per heavy atom. The molecule has 0 bridgehead atoms. The molecule has 2 rings (SSSR count). The van der Waals surface area contributed by atoms with Gasteiger partial charge >= 0.3 is 0 Å². The van der Waals surface area contributed by atoms with Gasteiger partial charge in [0.2, 0.25) is 0 Å². The van der Waals surface area contributed by atoms with Crippen LogP contribution in [0.15, 0.2) is 24.3 Å². The molecule has 2 aromatic rings. The first-order chi connectivity index (χ1) is 9.27. The second kappa shape index (κ2) is 5.25. The number of aromatic amines is 1. The minimum atomic E-state index is -0.456. The van der Waals surface area contributed by atoms with E-state index in [-0.39, 0.29) is 16.1 Å². The highest BCUT2D eigenvalue weighted by Gasteiger charge is 2.19. The van der Waals surface area contributed by atoms with Crippen LogP contribution in [0, 0.1) is 5.82 Å². The molecule has 1 heterocycles. The van der Waals surface area contributed by atoms with Crippen molar-refractivity contribution in [1.82, 2.24) is 10.2 Å². The third-order valence-electron chi connectivity index (χ3n) is 2.80. The molecule has 20 heavy (non-hydrogen) atoms. The lowest BCUT2D eigenvalue weighted by atomic mass is 9.92. The van der Waals surface area contributed by atoms with Crippen molar-refractivity contribution in [2.45, 2.75) is 26.2 Å². The van der Waals surface area contributed by atoms with Crippen LogP contribution >= 0.6 is 11.6 Å². The van der Waals surface area contributed by atoms with Gasteiger partial charge in [0.05, 0.1) is 10.7 Å². The molecule has 6 heteroatoms. The Morgan fingerprint density at radius 1 is 1.35 bits per heavy atom. The van der Waals surface area contributed by atoms with Gasteiger partial charge in [-0.25, -0.2) is 4.39 Å².